The summed E-state index contributed by atoms with van der Waals surface area (Å²) in [4.78, 5) is 28.2. The van der Waals surface area contributed by atoms with Crippen molar-refractivity contribution >= 4 is 23.3 Å². The molecule has 5 rings (SSSR count). The van der Waals surface area contributed by atoms with Crippen LogP contribution < -0.4 is 15.5 Å². The van der Waals surface area contributed by atoms with Crippen LogP contribution in [0, 0.1) is 5.82 Å². The third kappa shape index (κ3) is 3.97. The molecule has 0 aromatic carbocycles. The van der Waals surface area contributed by atoms with Gasteiger partial charge in [0.05, 0.1) is 13.3 Å². The number of anilines is 2. The Labute approximate surface area is 185 Å². The van der Waals surface area contributed by atoms with Gasteiger partial charge in [-0.25, -0.2) is 24.1 Å². The van der Waals surface area contributed by atoms with Crippen LogP contribution in [-0.4, -0.2) is 64.1 Å². The van der Waals surface area contributed by atoms with E-state index in [-0.39, 0.29) is 23.9 Å². The molecule has 0 bridgehead atoms. The minimum atomic E-state index is -0.383. The zero-order valence-corrected chi connectivity index (χ0v) is 17.9. The summed E-state index contributed by atoms with van der Waals surface area (Å²) in [6, 6.07) is 4.73. The molecule has 0 saturated carbocycles. The molecule has 2 aliphatic rings. The second-order valence-corrected chi connectivity index (χ2v) is 8.22. The van der Waals surface area contributed by atoms with E-state index in [1.165, 1.54) is 19.4 Å². The predicted octanol–water partition coefficient (Wildman–Crippen LogP) is 2.24. The molecule has 0 spiro atoms. The second-order valence-electron chi connectivity index (χ2n) is 8.22. The van der Waals surface area contributed by atoms with Crippen molar-refractivity contribution in [2.75, 3.05) is 37.0 Å². The monoisotopic (exact) mass is 439 g/mol. The smallest absolute Gasteiger partial charge is 0.328 e. The Morgan fingerprint density at radius 1 is 1.28 bits per heavy atom. The fourth-order valence-electron chi connectivity index (χ4n) is 4.50. The van der Waals surface area contributed by atoms with E-state index in [4.69, 9.17) is 14.7 Å². The number of carbonyl (C=O) groups excluding carboxylic acids is 1. The Morgan fingerprint density at radius 3 is 3.00 bits per heavy atom. The highest BCUT2D eigenvalue weighted by molar-refractivity contribution is 5.80. The van der Waals surface area contributed by atoms with Gasteiger partial charge in [-0.2, -0.15) is 0 Å². The van der Waals surface area contributed by atoms with E-state index in [2.05, 4.69) is 15.6 Å². The number of piperidine rings is 1. The van der Waals surface area contributed by atoms with E-state index in [9.17, 15) is 9.18 Å². The Morgan fingerprint density at radius 2 is 2.19 bits per heavy atom. The van der Waals surface area contributed by atoms with Gasteiger partial charge >= 0.3 is 5.97 Å². The lowest BCUT2D eigenvalue weighted by atomic mass is 10.1. The predicted molar refractivity (Wildman–Crippen MR) is 118 cm³/mol. The quantitative estimate of drug-likeness (QED) is 0.585. The normalized spacial score (nSPS) is 21.1. The zero-order valence-electron chi connectivity index (χ0n) is 17.9. The van der Waals surface area contributed by atoms with Crippen LogP contribution in [-0.2, 0) is 9.53 Å². The summed E-state index contributed by atoms with van der Waals surface area (Å²) in [5.41, 5.74) is 1.19. The number of aromatic nitrogens is 4. The lowest BCUT2D eigenvalue weighted by molar-refractivity contribution is -0.141. The third-order valence-corrected chi connectivity index (χ3v) is 6.08. The Hall–Kier alpha value is -3.27. The third-order valence-electron chi connectivity index (χ3n) is 6.08. The van der Waals surface area contributed by atoms with Crippen LogP contribution in [0.5, 0.6) is 0 Å². The molecule has 3 aromatic rings. The molecule has 32 heavy (non-hydrogen) atoms. The molecule has 10 heteroatoms. The van der Waals surface area contributed by atoms with Gasteiger partial charge in [-0.15, -0.1) is 0 Å². The van der Waals surface area contributed by atoms with Crippen molar-refractivity contribution < 1.29 is 13.9 Å². The summed E-state index contributed by atoms with van der Waals surface area (Å²) in [7, 11) is 1.40. The van der Waals surface area contributed by atoms with Crippen molar-refractivity contribution in [3.8, 4) is 11.5 Å². The summed E-state index contributed by atoms with van der Waals surface area (Å²) < 4.78 is 20.6. The molecular weight excluding hydrogens is 413 g/mol. The van der Waals surface area contributed by atoms with Crippen molar-refractivity contribution in [3.05, 3.63) is 36.4 Å². The number of fused-ring (bicyclic) bond motifs is 1. The summed E-state index contributed by atoms with van der Waals surface area (Å²) in [5, 5.41) is 6.90. The van der Waals surface area contributed by atoms with Crippen molar-refractivity contribution in [2.45, 2.75) is 37.8 Å². The maximum atomic E-state index is 13.9. The number of imidazole rings is 1. The van der Waals surface area contributed by atoms with Gasteiger partial charge in [0.15, 0.2) is 5.82 Å². The van der Waals surface area contributed by atoms with Crippen molar-refractivity contribution in [1.29, 1.82) is 0 Å². The van der Waals surface area contributed by atoms with E-state index in [1.54, 1.807) is 16.7 Å². The molecule has 5 heterocycles. The van der Waals surface area contributed by atoms with Crippen LogP contribution in [0.2, 0.25) is 0 Å². The van der Waals surface area contributed by atoms with Crippen LogP contribution in [0.4, 0.5) is 16.0 Å². The van der Waals surface area contributed by atoms with Crippen molar-refractivity contribution in [2.24, 2.45) is 0 Å². The fraction of sp³-hybridized carbons (Fsp3) is 0.455. The highest BCUT2D eigenvalue weighted by Gasteiger charge is 2.33. The first kappa shape index (κ1) is 20.6. The van der Waals surface area contributed by atoms with Gasteiger partial charge in [0, 0.05) is 31.4 Å². The first-order valence-corrected chi connectivity index (χ1v) is 11.0. The molecule has 0 radical (unpaired) electrons. The number of methoxy groups -OCH3 is 1. The van der Waals surface area contributed by atoms with E-state index in [1.807, 2.05) is 11.0 Å². The molecule has 2 aliphatic heterocycles. The average molecular weight is 439 g/mol. The maximum Gasteiger partial charge on any atom is 0.328 e. The van der Waals surface area contributed by atoms with Crippen LogP contribution in [0.3, 0.4) is 0 Å². The molecule has 2 N–H and O–H groups in total. The van der Waals surface area contributed by atoms with Gasteiger partial charge in [-0.3, -0.25) is 4.40 Å². The molecular formula is C22H26FN7O2. The number of esters is 1. The second kappa shape index (κ2) is 8.70. The molecule has 2 fully saturated rings. The molecule has 2 saturated heterocycles. The number of ether oxygens (including phenoxy) is 1. The lowest BCUT2D eigenvalue weighted by Crippen LogP contribution is -2.39. The van der Waals surface area contributed by atoms with Crippen LogP contribution in [0.15, 0.2) is 30.6 Å². The van der Waals surface area contributed by atoms with Crippen molar-refractivity contribution in [1.82, 2.24) is 24.7 Å². The zero-order chi connectivity index (χ0) is 22.1. The van der Waals surface area contributed by atoms with Crippen LogP contribution in [0.25, 0.3) is 17.2 Å². The minimum absolute atomic E-state index is 0.244. The highest BCUT2D eigenvalue weighted by atomic mass is 19.1. The SMILES string of the molecule is COC(=O)[C@@H]1CCCN1c1cc(N[C@@H]2CCCNC2)nc(-c2cnc3ccc(F)cn23)n1. The van der Waals surface area contributed by atoms with E-state index in [0.717, 1.165) is 32.4 Å². The van der Waals surface area contributed by atoms with E-state index < -0.39 is 0 Å². The topological polar surface area (TPSA) is 96.7 Å². The Balaban J connectivity index is 1.57. The fourth-order valence-corrected chi connectivity index (χ4v) is 4.50. The van der Waals surface area contributed by atoms with Gasteiger partial charge in [0.25, 0.3) is 0 Å². The minimum Gasteiger partial charge on any atom is -0.467 e. The Kier molecular flexibility index (Phi) is 5.60. The lowest BCUT2D eigenvalue weighted by Gasteiger charge is -2.27. The molecule has 0 unspecified atom stereocenters. The molecule has 9 nitrogen and oxygen atoms in total. The summed E-state index contributed by atoms with van der Waals surface area (Å²) >= 11 is 0. The number of nitrogens with one attached hydrogen (secondary N) is 2. The van der Waals surface area contributed by atoms with Gasteiger partial charge in [0.1, 0.15) is 34.8 Å². The number of carbonyl (C=O) groups is 1. The molecule has 168 valence electrons. The summed E-state index contributed by atoms with van der Waals surface area (Å²) in [6.45, 7) is 2.56. The Bertz CT molecular complexity index is 1130. The average Bonchev–Trinajstić information content (AvgIpc) is 3.46. The molecule has 3 aromatic heterocycles. The first-order chi connectivity index (χ1) is 15.6. The van der Waals surface area contributed by atoms with Crippen molar-refractivity contribution in [3.63, 3.8) is 0 Å². The molecule has 2 atom stereocenters. The summed E-state index contributed by atoms with van der Waals surface area (Å²) in [5.74, 6) is 1.08. The number of nitrogens with zero attached hydrogens (tertiary/aromatic N) is 5. The highest BCUT2D eigenvalue weighted by Crippen LogP contribution is 2.29. The summed E-state index contributed by atoms with van der Waals surface area (Å²) in [6.07, 6.45) is 6.72. The standard InChI is InChI=1S/C22H26FN7O2/c1-32-22(31)16-5-3-9-29(16)20-10-18(26-15-4-2-8-24-11-15)27-21(28-20)17-12-25-19-7-6-14(23)13-30(17)19/h6-7,10,12-13,15-16,24H,2-5,8-9,11H2,1H3,(H,26,27,28)/t15-,16+/m1/s1. The van der Waals surface area contributed by atoms with Crippen LogP contribution >= 0.6 is 0 Å². The van der Waals surface area contributed by atoms with Gasteiger partial charge < -0.3 is 20.3 Å². The largest absolute Gasteiger partial charge is 0.467 e. The van der Waals surface area contributed by atoms with Gasteiger partial charge in [-0.1, -0.05) is 0 Å². The number of hydrogen-bond donors (Lipinski definition) is 2. The number of pyridine rings is 1. The maximum absolute atomic E-state index is 13.9. The number of rotatable bonds is 5. The number of halogens is 1. The first-order valence-electron chi connectivity index (χ1n) is 11.0. The van der Waals surface area contributed by atoms with E-state index in [0.29, 0.717) is 41.8 Å². The number of hydrogen-bond acceptors (Lipinski definition) is 8. The molecule has 0 aliphatic carbocycles. The molecule has 0 amide bonds. The van der Waals surface area contributed by atoms with Gasteiger partial charge in [0.2, 0.25) is 0 Å². The van der Waals surface area contributed by atoms with Gasteiger partial charge in [-0.05, 0) is 44.4 Å². The van der Waals surface area contributed by atoms with E-state index >= 15 is 0 Å². The van der Waals surface area contributed by atoms with Crippen LogP contribution in [0.1, 0.15) is 25.7 Å².